The largest absolute Gasteiger partial charge is 0.493 e. The molecule has 2 N–H and O–H groups in total. The van der Waals surface area contributed by atoms with Gasteiger partial charge in [-0.1, -0.05) is 43.5 Å². The molecule has 0 aliphatic rings. The van der Waals surface area contributed by atoms with Gasteiger partial charge in [-0.15, -0.1) is 0 Å². The molecule has 0 aliphatic heterocycles. The first-order valence-corrected chi connectivity index (χ1v) is 10.7. The van der Waals surface area contributed by atoms with Crippen LogP contribution in [0.4, 0.5) is 0 Å². The van der Waals surface area contributed by atoms with Crippen molar-refractivity contribution < 1.29 is 23.9 Å². The van der Waals surface area contributed by atoms with E-state index in [1.54, 1.807) is 6.07 Å². The molecule has 0 saturated heterocycles. The summed E-state index contributed by atoms with van der Waals surface area (Å²) in [5.74, 6) is -0.386. The van der Waals surface area contributed by atoms with E-state index in [9.17, 15) is 14.4 Å². The molecule has 32 heavy (non-hydrogen) atoms. The molecule has 2 amide bonds. The Kier molecular flexibility index (Phi) is 10.5. The fraction of sp³-hybridized carbons (Fsp3) is 0.320. The summed E-state index contributed by atoms with van der Waals surface area (Å²) in [4.78, 5) is 35.2. The molecule has 2 aromatic carbocycles. The number of nitrogens with one attached hydrogen (secondary N) is 2. The van der Waals surface area contributed by atoms with Crippen LogP contribution in [0.15, 0.2) is 61.7 Å². The maximum atomic E-state index is 12.9. The Balaban J connectivity index is 1.93. The monoisotopic (exact) mass is 438 g/mol. The Hall–Kier alpha value is -3.61. The average molecular weight is 439 g/mol. The van der Waals surface area contributed by atoms with Gasteiger partial charge in [-0.3, -0.25) is 9.59 Å². The molecule has 2 rings (SSSR count). The summed E-state index contributed by atoms with van der Waals surface area (Å²) in [6, 6.07) is 11.3. The van der Waals surface area contributed by atoms with Gasteiger partial charge >= 0.3 is 5.97 Å². The molecule has 0 spiro atoms. The summed E-state index contributed by atoms with van der Waals surface area (Å²) in [5.41, 5.74) is 0.406. The first-order valence-electron chi connectivity index (χ1n) is 10.7. The number of carbonyl (C=O) groups is 3. The van der Waals surface area contributed by atoms with Crippen LogP contribution < -0.4 is 15.4 Å². The predicted octanol–water partition coefficient (Wildman–Crippen LogP) is 3.54. The van der Waals surface area contributed by atoms with E-state index in [0.717, 1.165) is 23.6 Å². The fourth-order valence-corrected chi connectivity index (χ4v) is 3.02. The van der Waals surface area contributed by atoms with Gasteiger partial charge in [-0.25, -0.2) is 4.79 Å². The van der Waals surface area contributed by atoms with E-state index in [1.165, 1.54) is 12.2 Å². The molecular weight excluding hydrogens is 408 g/mol. The highest BCUT2D eigenvalue weighted by atomic mass is 16.5. The Bertz CT molecular complexity index is 954. The van der Waals surface area contributed by atoms with Crippen LogP contribution in [0.25, 0.3) is 10.8 Å². The Morgan fingerprint density at radius 2 is 1.44 bits per heavy atom. The zero-order valence-corrected chi connectivity index (χ0v) is 18.2. The molecule has 0 fully saturated rings. The van der Waals surface area contributed by atoms with Crippen molar-refractivity contribution in [2.45, 2.75) is 25.7 Å². The molecule has 0 atom stereocenters. The third-order valence-electron chi connectivity index (χ3n) is 4.70. The van der Waals surface area contributed by atoms with Crippen molar-refractivity contribution in [2.75, 3.05) is 26.3 Å². The van der Waals surface area contributed by atoms with Crippen molar-refractivity contribution in [3.8, 4) is 5.75 Å². The van der Waals surface area contributed by atoms with E-state index >= 15 is 0 Å². The number of rotatable bonds is 14. The molecule has 7 nitrogen and oxygen atoms in total. The number of carbonyl (C=O) groups excluding carboxylic acids is 3. The average Bonchev–Trinajstić information content (AvgIpc) is 2.82. The van der Waals surface area contributed by atoms with Crippen LogP contribution in [-0.4, -0.2) is 44.1 Å². The van der Waals surface area contributed by atoms with E-state index in [-0.39, 0.29) is 18.4 Å². The number of hydrogen-bond donors (Lipinski definition) is 2. The number of esters is 1. The smallest absolute Gasteiger partial charge is 0.342 e. The first-order chi connectivity index (χ1) is 15.6. The number of benzene rings is 2. The lowest BCUT2D eigenvalue weighted by atomic mass is 10.0. The van der Waals surface area contributed by atoms with E-state index in [4.69, 9.17) is 9.47 Å². The van der Waals surface area contributed by atoms with Gasteiger partial charge in [0.25, 0.3) is 0 Å². The fourth-order valence-electron chi connectivity index (χ4n) is 3.02. The van der Waals surface area contributed by atoms with Gasteiger partial charge in [0.2, 0.25) is 11.8 Å². The predicted molar refractivity (Wildman–Crippen MR) is 125 cm³/mol. The van der Waals surface area contributed by atoms with Crippen molar-refractivity contribution in [1.82, 2.24) is 10.6 Å². The summed E-state index contributed by atoms with van der Waals surface area (Å²) >= 11 is 0. The highest BCUT2D eigenvalue weighted by Gasteiger charge is 2.18. The zero-order chi connectivity index (χ0) is 23.2. The molecular formula is C25H30N2O5. The zero-order valence-electron chi connectivity index (χ0n) is 18.2. The maximum absolute atomic E-state index is 12.9. The van der Waals surface area contributed by atoms with Crippen molar-refractivity contribution in [1.29, 1.82) is 0 Å². The van der Waals surface area contributed by atoms with Gasteiger partial charge in [0.1, 0.15) is 11.3 Å². The molecule has 2 aromatic rings. The first kappa shape index (κ1) is 24.7. The second kappa shape index (κ2) is 13.6. The highest BCUT2D eigenvalue weighted by Crippen LogP contribution is 2.29. The van der Waals surface area contributed by atoms with Crippen LogP contribution in [0.2, 0.25) is 0 Å². The summed E-state index contributed by atoms with van der Waals surface area (Å²) in [6.45, 7) is 8.50. The highest BCUT2D eigenvalue weighted by molar-refractivity contribution is 6.07. The number of amides is 2. The van der Waals surface area contributed by atoms with Gasteiger partial charge < -0.3 is 20.1 Å². The summed E-state index contributed by atoms with van der Waals surface area (Å²) in [5, 5.41) is 7.10. The minimum atomic E-state index is -0.440. The molecule has 0 saturated carbocycles. The SMILES string of the molecule is C=CC(=O)NCCCCOC(=O)c1c(OCCCCNC(=O)C=C)ccc2ccccc12. The lowest BCUT2D eigenvalue weighted by Gasteiger charge is -2.14. The molecule has 0 radical (unpaired) electrons. The molecule has 170 valence electrons. The number of unbranched alkanes of at least 4 members (excludes halogenated alkanes) is 2. The van der Waals surface area contributed by atoms with Crippen LogP contribution >= 0.6 is 0 Å². The third-order valence-corrected chi connectivity index (χ3v) is 4.70. The quantitative estimate of drug-likeness (QED) is 0.267. The van der Waals surface area contributed by atoms with Crippen LogP contribution in [0.5, 0.6) is 5.75 Å². The van der Waals surface area contributed by atoms with Crippen LogP contribution in [0.3, 0.4) is 0 Å². The van der Waals surface area contributed by atoms with Gasteiger partial charge in [0.05, 0.1) is 13.2 Å². The number of hydrogen-bond acceptors (Lipinski definition) is 5. The van der Waals surface area contributed by atoms with Crippen LogP contribution in [0, 0.1) is 0 Å². The Labute approximate surface area is 188 Å². The molecule has 0 unspecified atom stereocenters. The molecule has 0 bridgehead atoms. The summed E-state index contributed by atoms with van der Waals surface area (Å²) in [6.07, 6.45) is 5.24. The molecule has 0 aliphatic carbocycles. The van der Waals surface area contributed by atoms with Crippen molar-refractivity contribution in [3.63, 3.8) is 0 Å². The van der Waals surface area contributed by atoms with Gasteiger partial charge in [0.15, 0.2) is 0 Å². The molecule has 7 heteroatoms. The van der Waals surface area contributed by atoms with Gasteiger partial charge in [-0.2, -0.15) is 0 Å². The summed E-state index contributed by atoms with van der Waals surface area (Å²) < 4.78 is 11.4. The normalized spacial score (nSPS) is 10.2. The Morgan fingerprint density at radius 1 is 0.812 bits per heavy atom. The second-order valence-electron chi connectivity index (χ2n) is 7.05. The van der Waals surface area contributed by atoms with E-state index in [0.29, 0.717) is 43.9 Å². The number of fused-ring (bicyclic) bond motifs is 1. The van der Waals surface area contributed by atoms with Crippen molar-refractivity contribution in [3.05, 3.63) is 67.3 Å². The Morgan fingerprint density at radius 3 is 2.09 bits per heavy atom. The molecule has 0 aromatic heterocycles. The lowest BCUT2D eigenvalue weighted by Crippen LogP contribution is -2.22. The van der Waals surface area contributed by atoms with Gasteiger partial charge in [0, 0.05) is 13.1 Å². The van der Waals surface area contributed by atoms with Crippen LogP contribution in [0.1, 0.15) is 36.0 Å². The second-order valence-corrected chi connectivity index (χ2v) is 7.05. The standard InChI is InChI=1S/C25H30N2O5/c1-3-22(28)26-15-7-9-17-31-21-14-13-19-11-5-6-12-20(19)24(21)25(30)32-18-10-8-16-27-23(29)4-2/h3-6,11-14H,1-2,7-10,15-18H2,(H,26,28)(H,27,29). The minimum absolute atomic E-state index is 0.200. The third kappa shape index (κ3) is 7.91. The van der Waals surface area contributed by atoms with Crippen LogP contribution in [-0.2, 0) is 14.3 Å². The minimum Gasteiger partial charge on any atom is -0.493 e. The van der Waals surface area contributed by atoms with Crippen molar-refractivity contribution in [2.24, 2.45) is 0 Å². The van der Waals surface area contributed by atoms with E-state index in [1.807, 2.05) is 30.3 Å². The summed E-state index contributed by atoms with van der Waals surface area (Å²) in [7, 11) is 0. The van der Waals surface area contributed by atoms with Crippen molar-refractivity contribution >= 4 is 28.6 Å². The van der Waals surface area contributed by atoms with E-state index in [2.05, 4.69) is 23.8 Å². The number of ether oxygens (including phenoxy) is 2. The van der Waals surface area contributed by atoms with Gasteiger partial charge in [-0.05, 0) is 54.7 Å². The maximum Gasteiger partial charge on any atom is 0.342 e. The molecule has 0 heterocycles. The van der Waals surface area contributed by atoms with E-state index < -0.39 is 5.97 Å². The lowest BCUT2D eigenvalue weighted by molar-refractivity contribution is -0.117. The topological polar surface area (TPSA) is 93.7 Å².